The maximum atomic E-state index is 13.5. The van der Waals surface area contributed by atoms with Crippen LogP contribution in [0.15, 0.2) is 66.0 Å². The molecule has 1 aliphatic carbocycles. The Morgan fingerprint density at radius 2 is 1.92 bits per heavy atom. The molecule has 0 radical (unpaired) electrons. The van der Waals surface area contributed by atoms with Crippen molar-refractivity contribution in [1.82, 2.24) is 19.4 Å². The fourth-order valence-electron chi connectivity index (χ4n) is 5.20. The predicted molar refractivity (Wildman–Crippen MR) is 149 cm³/mol. The van der Waals surface area contributed by atoms with E-state index in [2.05, 4.69) is 20.2 Å². The summed E-state index contributed by atoms with van der Waals surface area (Å²) < 4.78 is 12.3. The van der Waals surface area contributed by atoms with E-state index in [0.717, 1.165) is 42.6 Å². The average molecular weight is 546 g/mol. The Morgan fingerprint density at radius 1 is 1.10 bits per heavy atom. The van der Waals surface area contributed by atoms with Gasteiger partial charge >= 0.3 is 0 Å². The molecule has 2 aromatic heterocycles. The normalized spacial score (nSPS) is 16.8. The molecule has 10 heteroatoms. The number of hydrogen-bond acceptors (Lipinski definition) is 7. The van der Waals surface area contributed by atoms with E-state index in [1.54, 1.807) is 25.6 Å². The van der Waals surface area contributed by atoms with Gasteiger partial charge in [-0.3, -0.25) is 24.0 Å². The number of carbonyl (C=O) groups excluding carboxylic acids is 1. The minimum absolute atomic E-state index is 0.0362. The van der Waals surface area contributed by atoms with E-state index >= 15 is 0 Å². The minimum atomic E-state index is -0.498. The number of rotatable bonds is 7. The number of hydrogen-bond donors (Lipinski definition) is 1. The number of nitrogens with zero attached hydrogens (tertiary/aromatic N) is 4. The Kier molecular flexibility index (Phi) is 6.90. The highest BCUT2D eigenvalue weighted by Gasteiger charge is 2.54. The number of ether oxygens (including phenoxy) is 2. The number of carbonyl (C=O) groups is 1. The number of fused-ring (bicyclic) bond motifs is 1. The van der Waals surface area contributed by atoms with Crippen LogP contribution in [-0.4, -0.2) is 64.3 Å². The molecular weight excluding hydrogens is 518 g/mol. The van der Waals surface area contributed by atoms with E-state index in [0.29, 0.717) is 47.1 Å². The first-order chi connectivity index (χ1) is 19.0. The van der Waals surface area contributed by atoms with Crippen molar-refractivity contribution < 1.29 is 14.3 Å². The Morgan fingerprint density at radius 3 is 2.67 bits per heavy atom. The predicted octanol–water partition coefficient (Wildman–Crippen LogP) is 4.05. The highest BCUT2D eigenvalue weighted by Crippen LogP contribution is 2.43. The van der Waals surface area contributed by atoms with Crippen LogP contribution >= 0.6 is 11.6 Å². The SMILES string of the molecule is COCc1ccc(-n2cnc3cc(-c4cncc(Cl)c4)ccc3c2=O)cc1NC(=O)C1(N2CCOCC2)CC1. The third kappa shape index (κ3) is 4.94. The number of pyridine rings is 1. The van der Waals surface area contributed by atoms with Gasteiger partial charge in [-0.1, -0.05) is 23.7 Å². The Labute approximate surface area is 230 Å². The van der Waals surface area contributed by atoms with Gasteiger partial charge < -0.3 is 14.8 Å². The summed E-state index contributed by atoms with van der Waals surface area (Å²) in [6.45, 7) is 3.08. The Balaban J connectivity index is 1.32. The molecule has 0 spiro atoms. The minimum Gasteiger partial charge on any atom is -0.380 e. The molecule has 4 aromatic rings. The lowest BCUT2D eigenvalue weighted by Gasteiger charge is -2.34. The van der Waals surface area contributed by atoms with Crippen molar-refractivity contribution in [1.29, 1.82) is 0 Å². The smallest absolute Gasteiger partial charge is 0.265 e. The number of benzene rings is 2. The first-order valence-electron chi connectivity index (χ1n) is 12.9. The topological polar surface area (TPSA) is 98.6 Å². The lowest BCUT2D eigenvalue weighted by molar-refractivity contribution is -0.124. The molecule has 1 saturated carbocycles. The van der Waals surface area contributed by atoms with Crippen LogP contribution in [0.5, 0.6) is 0 Å². The summed E-state index contributed by atoms with van der Waals surface area (Å²) in [4.78, 5) is 37.9. The molecule has 200 valence electrons. The summed E-state index contributed by atoms with van der Waals surface area (Å²) in [6.07, 6.45) is 6.44. The van der Waals surface area contributed by atoms with Crippen molar-refractivity contribution >= 4 is 34.1 Å². The monoisotopic (exact) mass is 545 g/mol. The van der Waals surface area contributed by atoms with E-state index in [-0.39, 0.29) is 11.5 Å². The first kappa shape index (κ1) is 25.6. The molecule has 39 heavy (non-hydrogen) atoms. The second-order valence-corrected chi connectivity index (χ2v) is 10.3. The van der Waals surface area contributed by atoms with E-state index < -0.39 is 5.54 Å². The zero-order valence-corrected chi connectivity index (χ0v) is 22.3. The van der Waals surface area contributed by atoms with Crippen LogP contribution in [0.2, 0.25) is 5.02 Å². The van der Waals surface area contributed by atoms with E-state index in [1.807, 2.05) is 36.4 Å². The molecule has 0 atom stereocenters. The van der Waals surface area contributed by atoms with Crippen LogP contribution in [0.4, 0.5) is 5.69 Å². The fraction of sp³-hybridized carbons (Fsp3) is 0.310. The van der Waals surface area contributed by atoms with Crippen molar-refractivity contribution in [2.45, 2.75) is 25.0 Å². The number of nitrogens with one attached hydrogen (secondary N) is 1. The van der Waals surface area contributed by atoms with Crippen molar-refractivity contribution in [2.24, 2.45) is 0 Å². The maximum absolute atomic E-state index is 13.5. The number of methoxy groups -OCH3 is 1. The van der Waals surface area contributed by atoms with Gasteiger partial charge in [0.2, 0.25) is 5.91 Å². The van der Waals surface area contributed by atoms with E-state index in [4.69, 9.17) is 21.1 Å². The van der Waals surface area contributed by atoms with Gasteiger partial charge in [0.05, 0.1) is 41.4 Å². The summed E-state index contributed by atoms with van der Waals surface area (Å²) >= 11 is 6.10. The summed E-state index contributed by atoms with van der Waals surface area (Å²) in [5.41, 5.74) is 3.62. The molecule has 6 rings (SSSR count). The highest BCUT2D eigenvalue weighted by molar-refractivity contribution is 6.30. The molecule has 1 aliphatic heterocycles. The molecule has 9 nitrogen and oxygen atoms in total. The van der Waals surface area contributed by atoms with Gasteiger partial charge in [-0.05, 0) is 48.7 Å². The summed E-state index contributed by atoms with van der Waals surface area (Å²) in [5.74, 6) is -0.0362. The number of amides is 1. The van der Waals surface area contributed by atoms with Gasteiger partial charge in [0.15, 0.2) is 0 Å². The van der Waals surface area contributed by atoms with Gasteiger partial charge in [0.1, 0.15) is 11.9 Å². The fourth-order valence-corrected chi connectivity index (χ4v) is 5.38. The molecule has 3 heterocycles. The maximum Gasteiger partial charge on any atom is 0.265 e. The largest absolute Gasteiger partial charge is 0.380 e. The Bertz CT molecular complexity index is 1610. The molecule has 2 aromatic carbocycles. The average Bonchev–Trinajstić information content (AvgIpc) is 3.77. The first-order valence-corrected chi connectivity index (χ1v) is 13.3. The highest BCUT2D eigenvalue weighted by atomic mass is 35.5. The van der Waals surface area contributed by atoms with Crippen LogP contribution in [0, 0.1) is 0 Å². The zero-order valence-electron chi connectivity index (χ0n) is 21.5. The molecule has 2 fully saturated rings. The van der Waals surface area contributed by atoms with E-state index in [1.165, 1.54) is 10.9 Å². The van der Waals surface area contributed by atoms with Crippen molar-refractivity contribution in [2.75, 3.05) is 38.7 Å². The second kappa shape index (κ2) is 10.5. The molecule has 1 saturated heterocycles. The Hall–Kier alpha value is -3.63. The van der Waals surface area contributed by atoms with Gasteiger partial charge in [-0.2, -0.15) is 0 Å². The number of aromatic nitrogens is 3. The standard InChI is InChI=1S/C29H28ClN5O4/c1-38-17-20-2-4-23(14-25(20)33-28(37)29(6-7-29)34-8-10-39-11-9-34)35-18-32-26-13-19(3-5-24(26)27(35)36)21-12-22(30)16-31-15-21/h2-5,12-16,18H,6-11,17H2,1H3,(H,33,37). The second-order valence-electron chi connectivity index (χ2n) is 9.90. The molecule has 1 amide bonds. The van der Waals surface area contributed by atoms with Crippen LogP contribution in [0.3, 0.4) is 0 Å². The van der Waals surface area contributed by atoms with Gasteiger partial charge in [0.25, 0.3) is 5.56 Å². The van der Waals surface area contributed by atoms with Crippen molar-refractivity contribution in [3.8, 4) is 16.8 Å². The zero-order chi connectivity index (χ0) is 27.0. The van der Waals surface area contributed by atoms with Crippen LogP contribution < -0.4 is 10.9 Å². The third-order valence-electron chi connectivity index (χ3n) is 7.48. The quantitative estimate of drug-likeness (QED) is 0.374. The number of halogens is 1. The molecular formula is C29H28ClN5O4. The molecule has 1 N–H and O–H groups in total. The lowest BCUT2D eigenvalue weighted by Crippen LogP contribution is -2.51. The number of morpholine rings is 1. The van der Waals surface area contributed by atoms with E-state index in [9.17, 15) is 9.59 Å². The van der Waals surface area contributed by atoms with Crippen LogP contribution in [0.25, 0.3) is 27.7 Å². The van der Waals surface area contributed by atoms with Gasteiger partial charge in [0, 0.05) is 49.4 Å². The number of anilines is 1. The summed E-state index contributed by atoms with van der Waals surface area (Å²) in [7, 11) is 1.61. The van der Waals surface area contributed by atoms with Crippen molar-refractivity contribution in [3.63, 3.8) is 0 Å². The van der Waals surface area contributed by atoms with Gasteiger partial charge in [-0.25, -0.2) is 4.98 Å². The molecule has 0 bridgehead atoms. The summed E-state index contributed by atoms with van der Waals surface area (Å²) in [6, 6.07) is 12.8. The van der Waals surface area contributed by atoms with Crippen molar-refractivity contribution in [3.05, 3.63) is 82.1 Å². The van der Waals surface area contributed by atoms with Crippen LogP contribution in [-0.2, 0) is 20.9 Å². The molecule has 2 aliphatic rings. The third-order valence-corrected chi connectivity index (χ3v) is 7.69. The lowest BCUT2D eigenvalue weighted by atomic mass is 10.1. The van der Waals surface area contributed by atoms with Crippen LogP contribution in [0.1, 0.15) is 18.4 Å². The summed E-state index contributed by atoms with van der Waals surface area (Å²) in [5, 5.41) is 4.15. The van der Waals surface area contributed by atoms with Gasteiger partial charge in [-0.15, -0.1) is 0 Å². The molecule has 0 unspecified atom stereocenters.